The maximum atomic E-state index is 12.8. The van der Waals surface area contributed by atoms with Gasteiger partial charge < -0.3 is 15.4 Å². The van der Waals surface area contributed by atoms with Crippen molar-refractivity contribution in [2.45, 2.75) is 46.3 Å². The van der Waals surface area contributed by atoms with Crippen LogP contribution in [0.15, 0.2) is 41.4 Å². The number of carbonyl (C=O) groups is 2. The normalized spacial score (nSPS) is 26.6. The van der Waals surface area contributed by atoms with Crippen LogP contribution < -0.4 is 15.4 Å². The van der Waals surface area contributed by atoms with Crippen LogP contribution in [-0.2, 0) is 16.1 Å². The second kappa shape index (κ2) is 8.96. The van der Waals surface area contributed by atoms with E-state index in [-0.39, 0.29) is 41.1 Å². The molecular formula is C25H34N4O3. The Morgan fingerprint density at radius 3 is 2.38 bits per heavy atom. The highest BCUT2D eigenvalue weighted by Crippen LogP contribution is 2.52. The lowest BCUT2D eigenvalue weighted by Gasteiger charge is -2.23. The van der Waals surface area contributed by atoms with Crippen molar-refractivity contribution in [2.24, 2.45) is 28.7 Å². The van der Waals surface area contributed by atoms with E-state index in [0.29, 0.717) is 32.1 Å². The van der Waals surface area contributed by atoms with E-state index < -0.39 is 0 Å². The molecule has 1 aromatic carbocycles. The molecule has 1 aromatic rings. The molecule has 1 saturated carbocycles. The minimum atomic E-state index is -0.287. The van der Waals surface area contributed by atoms with Crippen LogP contribution in [0.1, 0.15) is 39.7 Å². The Bertz CT molecular complexity index is 903. The first-order valence-electron chi connectivity index (χ1n) is 11.6. The average Bonchev–Trinajstić information content (AvgIpc) is 3.41. The maximum Gasteiger partial charge on any atom is 0.233 e. The lowest BCUT2D eigenvalue weighted by Crippen LogP contribution is -2.43. The molecular weight excluding hydrogens is 404 g/mol. The fourth-order valence-electron chi connectivity index (χ4n) is 5.04. The Morgan fingerprint density at radius 1 is 1.09 bits per heavy atom. The number of amides is 2. The van der Waals surface area contributed by atoms with Gasteiger partial charge in [0.05, 0.1) is 18.4 Å². The molecule has 7 nitrogen and oxygen atoms in total. The molecule has 2 N–H and O–H groups in total. The molecule has 32 heavy (non-hydrogen) atoms. The van der Waals surface area contributed by atoms with Gasteiger partial charge in [-0.1, -0.05) is 30.4 Å². The topological polar surface area (TPSA) is 83.0 Å². The highest BCUT2D eigenvalue weighted by molar-refractivity contribution is 6.06. The van der Waals surface area contributed by atoms with Crippen LogP contribution in [0.3, 0.4) is 0 Å². The van der Waals surface area contributed by atoms with Gasteiger partial charge in [0.15, 0.2) is 5.96 Å². The van der Waals surface area contributed by atoms with Crippen molar-refractivity contribution in [3.63, 3.8) is 0 Å². The number of para-hydroxylation sites is 1. The third kappa shape index (κ3) is 4.52. The summed E-state index contributed by atoms with van der Waals surface area (Å²) in [5, 5.41) is 6.50. The second-order valence-corrected chi connectivity index (χ2v) is 9.77. The van der Waals surface area contributed by atoms with Crippen LogP contribution in [0.2, 0.25) is 0 Å². The van der Waals surface area contributed by atoms with E-state index in [4.69, 9.17) is 4.74 Å². The third-order valence-electron chi connectivity index (χ3n) is 6.33. The van der Waals surface area contributed by atoms with E-state index >= 15 is 0 Å². The van der Waals surface area contributed by atoms with Crippen molar-refractivity contribution >= 4 is 17.8 Å². The van der Waals surface area contributed by atoms with E-state index in [2.05, 4.69) is 27.8 Å². The first-order valence-corrected chi connectivity index (χ1v) is 11.6. The highest BCUT2D eigenvalue weighted by atomic mass is 16.5. The molecule has 4 unspecified atom stereocenters. The number of carbonyl (C=O) groups excluding carboxylic acids is 2. The number of benzene rings is 1. The Balaban J connectivity index is 1.35. The first kappa shape index (κ1) is 22.4. The monoisotopic (exact) mass is 438 g/mol. The Labute approximate surface area is 190 Å². The fraction of sp³-hybridized carbons (Fsp3) is 0.560. The summed E-state index contributed by atoms with van der Waals surface area (Å²) in [5.41, 5.74) is 0.713. The number of allylic oxidation sites excluding steroid dienone is 2. The summed E-state index contributed by atoms with van der Waals surface area (Å²) in [4.78, 5) is 31.8. The van der Waals surface area contributed by atoms with Gasteiger partial charge in [0.2, 0.25) is 11.8 Å². The summed E-state index contributed by atoms with van der Waals surface area (Å²) in [6.07, 6.45) is 5.20. The van der Waals surface area contributed by atoms with Crippen LogP contribution in [-0.4, -0.2) is 47.9 Å². The maximum absolute atomic E-state index is 12.8. The second-order valence-electron chi connectivity index (χ2n) is 9.77. The molecule has 2 bridgehead atoms. The third-order valence-corrected chi connectivity index (χ3v) is 6.33. The van der Waals surface area contributed by atoms with Crippen molar-refractivity contribution in [1.29, 1.82) is 0 Å². The Morgan fingerprint density at radius 2 is 1.75 bits per heavy atom. The molecule has 1 saturated heterocycles. The van der Waals surface area contributed by atoms with Gasteiger partial charge in [-0.25, -0.2) is 4.99 Å². The van der Waals surface area contributed by atoms with Crippen molar-refractivity contribution < 1.29 is 14.3 Å². The van der Waals surface area contributed by atoms with Crippen LogP contribution in [0, 0.1) is 23.7 Å². The number of hydrogen-bond donors (Lipinski definition) is 2. The molecule has 0 spiro atoms. The quantitative estimate of drug-likeness (QED) is 0.296. The molecule has 1 aliphatic heterocycles. The lowest BCUT2D eigenvalue weighted by atomic mass is 9.85. The summed E-state index contributed by atoms with van der Waals surface area (Å²) >= 11 is 0. The zero-order valence-corrected chi connectivity index (χ0v) is 19.4. The number of guanidine groups is 1. The number of nitrogens with zero attached hydrogens (tertiary/aromatic N) is 2. The SMILES string of the molecule is CCNC(=NCc1ccccc1OC(C)(C)C)NCCN1C(=O)C2C3C=CC(C3)C2C1=O. The standard InChI is InChI=1S/C25H34N4O3/c1-5-26-24(28-15-18-8-6-7-9-19(18)32-25(2,3)4)27-12-13-29-22(30)20-16-10-11-17(14-16)21(20)23(29)31/h6-11,16-17,20-21H,5,12-15H2,1-4H3,(H2,26,27,28). The van der Waals surface area contributed by atoms with Gasteiger partial charge in [0.25, 0.3) is 0 Å². The molecule has 2 fully saturated rings. The Hall–Kier alpha value is -2.83. The predicted octanol–water partition coefficient (Wildman–Crippen LogP) is 2.73. The van der Waals surface area contributed by atoms with Gasteiger partial charge in [-0.05, 0) is 52.0 Å². The first-order chi connectivity index (χ1) is 15.3. The number of likely N-dealkylation sites (tertiary alicyclic amines) is 1. The van der Waals surface area contributed by atoms with Gasteiger partial charge in [0, 0.05) is 25.2 Å². The van der Waals surface area contributed by atoms with Crippen molar-refractivity contribution in [3.05, 3.63) is 42.0 Å². The Kier molecular flexibility index (Phi) is 6.26. The van der Waals surface area contributed by atoms with Crippen LogP contribution in [0.25, 0.3) is 0 Å². The summed E-state index contributed by atoms with van der Waals surface area (Å²) in [5.74, 6) is 1.67. The largest absolute Gasteiger partial charge is 0.488 e. The minimum Gasteiger partial charge on any atom is -0.488 e. The summed E-state index contributed by atoms with van der Waals surface area (Å²) in [6, 6.07) is 7.90. The molecule has 4 rings (SSSR count). The molecule has 7 heteroatoms. The highest BCUT2D eigenvalue weighted by Gasteiger charge is 2.58. The van der Waals surface area contributed by atoms with Crippen molar-refractivity contribution in [3.8, 4) is 5.75 Å². The number of rotatable bonds is 7. The molecule has 3 aliphatic rings. The van der Waals surface area contributed by atoms with Crippen molar-refractivity contribution in [2.75, 3.05) is 19.6 Å². The van der Waals surface area contributed by atoms with E-state index in [1.807, 2.05) is 52.0 Å². The van der Waals surface area contributed by atoms with Crippen LogP contribution in [0.5, 0.6) is 5.75 Å². The van der Waals surface area contributed by atoms with Crippen molar-refractivity contribution in [1.82, 2.24) is 15.5 Å². The number of aliphatic imine (C=N–C) groups is 1. The molecule has 2 aliphatic carbocycles. The van der Waals surface area contributed by atoms with Gasteiger partial charge in [0.1, 0.15) is 11.4 Å². The van der Waals surface area contributed by atoms with E-state index in [1.54, 1.807) is 0 Å². The van der Waals surface area contributed by atoms with Gasteiger partial charge in [-0.2, -0.15) is 0 Å². The minimum absolute atomic E-state index is 0.00570. The van der Waals surface area contributed by atoms with Gasteiger partial charge in [-0.3, -0.25) is 14.5 Å². The molecule has 2 amide bonds. The molecule has 0 aromatic heterocycles. The summed E-state index contributed by atoms with van der Waals surface area (Å²) in [7, 11) is 0. The molecule has 0 radical (unpaired) electrons. The van der Waals surface area contributed by atoms with Gasteiger partial charge >= 0.3 is 0 Å². The lowest BCUT2D eigenvalue weighted by molar-refractivity contribution is -0.140. The molecule has 4 atom stereocenters. The van der Waals surface area contributed by atoms with Crippen LogP contribution >= 0.6 is 0 Å². The fourth-order valence-corrected chi connectivity index (χ4v) is 5.04. The smallest absolute Gasteiger partial charge is 0.233 e. The number of ether oxygens (including phenoxy) is 1. The zero-order valence-electron chi connectivity index (χ0n) is 19.4. The number of fused-ring (bicyclic) bond motifs is 5. The number of nitrogens with one attached hydrogen (secondary N) is 2. The van der Waals surface area contributed by atoms with Gasteiger partial charge in [-0.15, -0.1) is 0 Å². The van der Waals surface area contributed by atoms with E-state index in [9.17, 15) is 9.59 Å². The predicted molar refractivity (Wildman–Crippen MR) is 124 cm³/mol. The van der Waals surface area contributed by atoms with E-state index in [0.717, 1.165) is 17.7 Å². The summed E-state index contributed by atoms with van der Waals surface area (Å²) < 4.78 is 6.06. The van der Waals surface area contributed by atoms with Crippen LogP contribution in [0.4, 0.5) is 0 Å². The zero-order chi connectivity index (χ0) is 22.9. The molecule has 1 heterocycles. The molecule has 172 valence electrons. The van der Waals surface area contributed by atoms with E-state index in [1.165, 1.54) is 4.90 Å². The number of imide groups is 1. The number of hydrogen-bond acceptors (Lipinski definition) is 4. The average molecular weight is 439 g/mol. The summed E-state index contributed by atoms with van der Waals surface area (Å²) in [6.45, 7) is 10.1.